The number of aromatic nitrogens is 2. The van der Waals surface area contributed by atoms with Crippen LogP contribution in [-0.2, 0) is 4.79 Å². The zero-order valence-electron chi connectivity index (χ0n) is 15.2. The summed E-state index contributed by atoms with van der Waals surface area (Å²) in [7, 11) is 0. The second-order valence-corrected chi connectivity index (χ2v) is 7.71. The highest BCUT2D eigenvalue weighted by molar-refractivity contribution is 5.79. The van der Waals surface area contributed by atoms with Gasteiger partial charge in [-0.3, -0.25) is 14.8 Å². The second kappa shape index (κ2) is 8.01. The number of nitrogens with one attached hydrogen (secondary N) is 2. The number of nitriles is 1. The molecule has 25 heavy (non-hydrogen) atoms. The molecule has 1 saturated heterocycles. The fraction of sp³-hybridized carbons (Fsp3) is 0.737. The minimum absolute atomic E-state index is 0.0118. The Balaban J connectivity index is 1.56. The van der Waals surface area contributed by atoms with Crippen molar-refractivity contribution < 1.29 is 4.79 Å². The van der Waals surface area contributed by atoms with E-state index in [4.69, 9.17) is 0 Å². The van der Waals surface area contributed by atoms with Gasteiger partial charge in [-0.25, -0.2) is 0 Å². The first-order valence-electron chi connectivity index (χ1n) is 9.57. The van der Waals surface area contributed by atoms with Crippen molar-refractivity contribution in [1.29, 1.82) is 5.26 Å². The minimum Gasteiger partial charge on any atom is -0.337 e. The molecule has 1 aromatic heterocycles. The molecule has 6 nitrogen and oxygen atoms in total. The van der Waals surface area contributed by atoms with Crippen LogP contribution in [-0.4, -0.2) is 46.2 Å². The highest BCUT2D eigenvalue weighted by Crippen LogP contribution is 2.28. The van der Waals surface area contributed by atoms with E-state index in [-0.39, 0.29) is 5.91 Å². The Morgan fingerprint density at radius 1 is 1.40 bits per heavy atom. The zero-order chi connectivity index (χ0) is 17.7. The first-order valence-corrected chi connectivity index (χ1v) is 9.57. The molecule has 0 unspecified atom stereocenters. The van der Waals surface area contributed by atoms with Crippen LogP contribution in [0.25, 0.3) is 0 Å². The van der Waals surface area contributed by atoms with Gasteiger partial charge in [0.25, 0.3) is 0 Å². The first kappa shape index (κ1) is 17.9. The number of hydrogen-bond acceptors (Lipinski definition) is 4. The minimum atomic E-state index is -0.651. The van der Waals surface area contributed by atoms with E-state index in [1.807, 2.05) is 6.92 Å². The summed E-state index contributed by atoms with van der Waals surface area (Å²) in [5.41, 5.74) is 1.52. The molecule has 1 aliphatic heterocycles. The summed E-state index contributed by atoms with van der Waals surface area (Å²) in [6.07, 6.45) is 8.13. The molecule has 6 heteroatoms. The molecule has 2 heterocycles. The summed E-state index contributed by atoms with van der Waals surface area (Å²) in [5.74, 6) is 0.372. The fourth-order valence-corrected chi connectivity index (χ4v) is 4.20. The molecule has 1 atom stereocenters. The standard InChI is InChI=1S/C19H29N5O/c1-15-11-17(23-22-15)16-7-6-10-24(12-16)13-18(25)21-19(14-20)8-4-2-3-5-9-19/h11,16H,2-10,12-13H2,1H3,(H,21,25)(H,22,23)/t16-/m0/s1. The fourth-order valence-electron chi connectivity index (χ4n) is 4.20. The number of hydrogen-bond donors (Lipinski definition) is 2. The third-order valence-corrected chi connectivity index (χ3v) is 5.57. The molecule has 1 aromatic rings. The maximum atomic E-state index is 12.6. The van der Waals surface area contributed by atoms with Gasteiger partial charge in [0.15, 0.2) is 0 Å². The average Bonchev–Trinajstić information content (AvgIpc) is 2.90. The number of amides is 1. The number of aromatic amines is 1. The zero-order valence-corrected chi connectivity index (χ0v) is 15.2. The Morgan fingerprint density at radius 2 is 2.16 bits per heavy atom. The Bertz CT molecular complexity index is 624. The van der Waals surface area contributed by atoms with Crippen LogP contribution in [0, 0.1) is 18.3 Å². The molecule has 0 radical (unpaired) electrons. The molecule has 136 valence electrons. The summed E-state index contributed by atoms with van der Waals surface area (Å²) in [5, 5.41) is 20.1. The van der Waals surface area contributed by atoms with Gasteiger partial charge in [0.2, 0.25) is 5.91 Å². The Labute approximate surface area is 150 Å². The quantitative estimate of drug-likeness (QED) is 0.823. The van der Waals surface area contributed by atoms with Gasteiger partial charge in [0.1, 0.15) is 5.54 Å². The average molecular weight is 343 g/mol. The summed E-state index contributed by atoms with van der Waals surface area (Å²) >= 11 is 0. The molecular weight excluding hydrogens is 314 g/mol. The SMILES string of the molecule is Cc1cc([C@H]2CCCN(CC(=O)NC3(C#N)CCCCCC3)C2)n[nH]1. The Hall–Kier alpha value is -1.87. The topological polar surface area (TPSA) is 84.8 Å². The van der Waals surface area contributed by atoms with Crippen LogP contribution in [0.1, 0.15) is 68.7 Å². The lowest BCUT2D eigenvalue weighted by Gasteiger charge is -2.33. The molecule has 2 N–H and O–H groups in total. The van der Waals surface area contributed by atoms with Gasteiger partial charge in [-0.1, -0.05) is 25.7 Å². The van der Waals surface area contributed by atoms with Gasteiger partial charge in [0, 0.05) is 18.2 Å². The molecule has 0 bridgehead atoms. The number of piperidine rings is 1. The van der Waals surface area contributed by atoms with E-state index in [1.165, 1.54) is 0 Å². The van der Waals surface area contributed by atoms with Crippen molar-refractivity contribution in [3.8, 4) is 6.07 Å². The molecule has 0 aromatic carbocycles. The smallest absolute Gasteiger partial charge is 0.235 e. The van der Waals surface area contributed by atoms with Crippen LogP contribution in [0.4, 0.5) is 0 Å². The van der Waals surface area contributed by atoms with E-state index < -0.39 is 5.54 Å². The van der Waals surface area contributed by atoms with Crippen LogP contribution in [0.5, 0.6) is 0 Å². The third kappa shape index (κ3) is 4.60. The largest absolute Gasteiger partial charge is 0.337 e. The maximum absolute atomic E-state index is 12.6. The molecule has 0 spiro atoms. The lowest BCUT2D eigenvalue weighted by atomic mass is 9.91. The van der Waals surface area contributed by atoms with Crippen LogP contribution in [0.2, 0.25) is 0 Å². The van der Waals surface area contributed by atoms with Crippen molar-refractivity contribution in [1.82, 2.24) is 20.4 Å². The number of carbonyl (C=O) groups is 1. The molecule has 2 fully saturated rings. The van der Waals surface area contributed by atoms with Crippen LogP contribution in [0.15, 0.2) is 6.07 Å². The van der Waals surface area contributed by atoms with Gasteiger partial charge in [-0.2, -0.15) is 10.4 Å². The maximum Gasteiger partial charge on any atom is 0.235 e. The van der Waals surface area contributed by atoms with Crippen LogP contribution in [0.3, 0.4) is 0 Å². The summed E-state index contributed by atoms with van der Waals surface area (Å²) in [6.45, 7) is 4.19. The molecular formula is C19H29N5O. The van der Waals surface area contributed by atoms with Crippen LogP contribution >= 0.6 is 0 Å². The summed E-state index contributed by atoms with van der Waals surface area (Å²) in [4.78, 5) is 14.8. The monoisotopic (exact) mass is 343 g/mol. The molecule has 2 aliphatic rings. The van der Waals surface area contributed by atoms with E-state index in [1.54, 1.807) is 0 Å². The van der Waals surface area contributed by atoms with Crippen molar-refractivity contribution in [2.24, 2.45) is 0 Å². The number of nitrogens with zero attached hydrogens (tertiary/aromatic N) is 3. The Morgan fingerprint density at radius 3 is 2.80 bits per heavy atom. The normalized spacial score (nSPS) is 24.2. The number of H-pyrrole nitrogens is 1. The summed E-state index contributed by atoms with van der Waals surface area (Å²) in [6, 6.07) is 4.50. The predicted octanol–water partition coefficient (Wildman–Crippen LogP) is 2.63. The Kier molecular flexibility index (Phi) is 5.74. The van der Waals surface area contributed by atoms with E-state index in [0.717, 1.165) is 75.8 Å². The third-order valence-electron chi connectivity index (χ3n) is 5.57. The van der Waals surface area contributed by atoms with E-state index in [2.05, 4.69) is 32.5 Å². The highest BCUT2D eigenvalue weighted by atomic mass is 16.2. The highest BCUT2D eigenvalue weighted by Gasteiger charge is 2.33. The van der Waals surface area contributed by atoms with Crippen molar-refractivity contribution in [2.75, 3.05) is 19.6 Å². The van der Waals surface area contributed by atoms with Crippen molar-refractivity contribution in [2.45, 2.75) is 69.7 Å². The molecule has 1 saturated carbocycles. The second-order valence-electron chi connectivity index (χ2n) is 7.71. The van der Waals surface area contributed by atoms with E-state index in [0.29, 0.717) is 12.5 Å². The van der Waals surface area contributed by atoms with Gasteiger partial charge in [-0.05, 0) is 45.2 Å². The van der Waals surface area contributed by atoms with Gasteiger partial charge in [0.05, 0.1) is 18.3 Å². The number of rotatable bonds is 4. The van der Waals surface area contributed by atoms with Gasteiger partial charge < -0.3 is 5.32 Å². The van der Waals surface area contributed by atoms with Crippen molar-refractivity contribution in [3.63, 3.8) is 0 Å². The lowest BCUT2D eigenvalue weighted by Crippen LogP contribution is -2.51. The predicted molar refractivity (Wildman–Crippen MR) is 95.9 cm³/mol. The number of carbonyl (C=O) groups excluding carboxylic acids is 1. The number of likely N-dealkylation sites (tertiary alicyclic amines) is 1. The van der Waals surface area contributed by atoms with Crippen molar-refractivity contribution >= 4 is 5.91 Å². The molecule has 3 rings (SSSR count). The van der Waals surface area contributed by atoms with E-state index >= 15 is 0 Å². The van der Waals surface area contributed by atoms with Crippen LogP contribution < -0.4 is 5.32 Å². The lowest BCUT2D eigenvalue weighted by molar-refractivity contribution is -0.124. The van der Waals surface area contributed by atoms with Crippen molar-refractivity contribution in [3.05, 3.63) is 17.5 Å². The first-order chi connectivity index (χ1) is 12.1. The summed E-state index contributed by atoms with van der Waals surface area (Å²) < 4.78 is 0. The van der Waals surface area contributed by atoms with Gasteiger partial charge >= 0.3 is 0 Å². The number of aryl methyl sites for hydroxylation is 1. The van der Waals surface area contributed by atoms with E-state index in [9.17, 15) is 10.1 Å². The van der Waals surface area contributed by atoms with Gasteiger partial charge in [-0.15, -0.1) is 0 Å². The molecule has 1 amide bonds. The molecule has 1 aliphatic carbocycles.